The van der Waals surface area contributed by atoms with Gasteiger partial charge in [0, 0.05) is 5.69 Å². The number of benzene rings is 2. The molecule has 2 amide bonds. The van der Waals surface area contributed by atoms with E-state index >= 15 is 0 Å². The Morgan fingerprint density at radius 2 is 1.80 bits per heavy atom. The van der Waals surface area contributed by atoms with Crippen LogP contribution in [0.3, 0.4) is 0 Å². The number of amides is 2. The van der Waals surface area contributed by atoms with Gasteiger partial charge in [0.25, 0.3) is 5.56 Å². The van der Waals surface area contributed by atoms with Crippen molar-refractivity contribution in [3.8, 4) is 0 Å². The summed E-state index contributed by atoms with van der Waals surface area (Å²) in [4.78, 5) is 45.1. The topological polar surface area (TPSA) is 93.1 Å². The summed E-state index contributed by atoms with van der Waals surface area (Å²) in [6, 6.07) is 14.0. The van der Waals surface area contributed by atoms with Gasteiger partial charge in [0.2, 0.25) is 11.8 Å². The first-order chi connectivity index (χ1) is 14.4. The summed E-state index contributed by atoms with van der Waals surface area (Å²) < 4.78 is 1.53. The molecule has 0 unspecified atom stereocenters. The molecule has 30 heavy (non-hydrogen) atoms. The van der Waals surface area contributed by atoms with E-state index in [1.807, 2.05) is 44.2 Å². The molecule has 7 heteroatoms. The van der Waals surface area contributed by atoms with Crippen LogP contribution in [0.25, 0.3) is 10.9 Å². The zero-order chi connectivity index (χ0) is 20.8. The molecule has 3 atom stereocenters. The lowest BCUT2D eigenvalue weighted by atomic mass is 9.54. The fourth-order valence-corrected chi connectivity index (χ4v) is 5.90. The number of piperidine rings is 1. The van der Waals surface area contributed by atoms with Gasteiger partial charge in [0.15, 0.2) is 0 Å². The molecule has 7 nitrogen and oxygen atoms in total. The summed E-state index contributed by atoms with van der Waals surface area (Å²) in [6.07, 6.45) is 0.229. The number of nitrogens with one attached hydrogen (secondary N) is 2. The summed E-state index contributed by atoms with van der Waals surface area (Å²) in [5, 5.41) is 6.65. The van der Waals surface area contributed by atoms with Gasteiger partial charge >= 0.3 is 0 Å². The molecule has 1 spiro atoms. The van der Waals surface area contributed by atoms with E-state index in [4.69, 9.17) is 4.98 Å². The minimum Gasteiger partial charge on any atom is -0.340 e. The first kappa shape index (κ1) is 17.4. The second-order valence-electron chi connectivity index (χ2n) is 8.70. The molecule has 7 rings (SSSR count). The predicted octanol–water partition coefficient (Wildman–Crippen LogP) is 2.21. The molecule has 0 radical (unpaired) electrons. The largest absolute Gasteiger partial charge is 0.340 e. The maximum Gasteiger partial charge on any atom is 0.262 e. The van der Waals surface area contributed by atoms with Gasteiger partial charge in [0.1, 0.15) is 22.8 Å². The number of carbonyl (C=O) groups excluding carboxylic acids is 2. The molecule has 5 heterocycles. The van der Waals surface area contributed by atoms with E-state index in [0.717, 1.165) is 11.3 Å². The maximum absolute atomic E-state index is 13.6. The smallest absolute Gasteiger partial charge is 0.262 e. The van der Waals surface area contributed by atoms with Crippen molar-refractivity contribution in [3.63, 3.8) is 0 Å². The molecule has 1 aromatic heterocycles. The maximum atomic E-state index is 13.6. The van der Waals surface area contributed by atoms with E-state index in [1.54, 1.807) is 18.2 Å². The Kier molecular flexibility index (Phi) is 3.10. The summed E-state index contributed by atoms with van der Waals surface area (Å²) in [5.41, 5.74) is -0.238. The molecule has 2 N–H and O–H groups in total. The normalized spacial score (nSPS) is 28.6. The Hall–Kier alpha value is -3.48. The zero-order valence-electron chi connectivity index (χ0n) is 16.6. The van der Waals surface area contributed by atoms with E-state index in [0.29, 0.717) is 16.7 Å². The van der Waals surface area contributed by atoms with Crippen LogP contribution in [0.5, 0.6) is 0 Å². The van der Waals surface area contributed by atoms with Crippen LogP contribution in [0.1, 0.15) is 37.7 Å². The van der Waals surface area contributed by atoms with Gasteiger partial charge < -0.3 is 10.6 Å². The lowest BCUT2D eigenvalue weighted by Gasteiger charge is -2.58. The number of nitrogens with zero attached hydrogens (tertiary/aromatic N) is 2. The number of fused-ring (bicyclic) bond motifs is 3. The molecule has 4 aliphatic heterocycles. The van der Waals surface area contributed by atoms with E-state index in [1.165, 1.54) is 4.57 Å². The van der Waals surface area contributed by atoms with Crippen LogP contribution in [-0.4, -0.2) is 21.4 Å². The monoisotopic (exact) mass is 400 g/mol. The fraction of sp³-hybridized carbons (Fsp3) is 0.304. The number of hydrogen-bond acceptors (Lipinski definition) is 4. The molecule has 2 bridgehead atoms. The van der Waals surface area contributed by atoms with Crippen molar-refractivity contribution in [2.24, 2.45) is 5.92 Å². The minimum absolute atomic E-state index is 0.156. The Labute approximate surface area is 172 Å². The lowest BCUT2D eigenvalue weighted by molar-refractivity contribution is -0.146. The molecule has 3 aromatic rings. The Morgan fingerprint density at radius 1 is 1.07 bits per heavy atom. The third-order valence-electron chi connectivity index (χ3n) is 7.16. The summed E-state index contributed by atoms with van der Waals surface area (Å²) in [7, 11) is 0. The molecule has 150 valence electrons. The highest BCUT2D eigenvalue weighted by molar-refractivity contribution is 6.09. The van der Waals surface area contributed by atoms with Gasteiger partial charge in [-0.2, -0.15) is 0 Å². The predicted molar refractivity (Wildman–Crippen MR) is 111 cm³/mol. The number of carbonyl (C=O) groups is 2. The minimum atomic E-state index is -1.14. The van der Waals surface area contributed by atoms with Crippen LogP contribution in [0.2, 0.25) is 0 Å². The number of aromatic nitrogens is 2. The Balaban J connectivity index is 1.79. The molecule has 0 aliphatic carbocycles. The van der Waals surface area contributed by atoms with Gasteiger partial charge in [-0.15, -0.1) is 0 Å². The second-order valence-corrected chi connectivity index (χ2v) is 8.70. The summed E-state index contributed by atoms with van der Waals surface area (Å²) in [6.45, 7) is 3.93. The van der Waals surface area contributed by atoms with Gasteiger partial charge in [-0.1, -0.05) is 44.2 Å². The van der Waals surface area contributed by atoms with Crippen LogP contribution < -0.4 is 16.2 Å². The average molecular weight is 400 g/mol. The van der Waals surface area contributed by atoms with Crippen molar-refractivity contribution in [1.82, 2.24) is 14.9 Å². The van der Waals surface area contributed by atoms with Crippen LogP contribution in [0.15, 0.2) is 53.3 Å². The molecular weight excluding hydrogens is 380 g/mol. The highest BCUT2D eigenvalue weighted by atomic mass is 16.2. The highest BCUT2D eigenvalue weighted by Crippen LogP contribution is 2.60. The molecule has 2 aromatic carbocycles. The van der Waals surface area contributed by atoms with Crippen molar-refractivity contribution < 1.29 is 9.59 Å². The first-order valence-corrected chi connectivity index (χ1v) is 10.2. The third kappa shape index (κ3) is 1.69. The van der Waals surface area contributed by atoms with Gasteiger partial charge in [0.05, 0.1) is 10.9 Å². The van der Waals surface area contributed by atoms with E-state index in [2.05, 4.69) is 10.6 Å². The molecule has 1 fully saturated rings. The standard InChI is InChI=1S/C23H20N4O3/c1-12(2)23-20-24-15-9-5-3-7-13(15)19(29)27(20)17(18(28)26-23)11-22(23)14-8-4-6-10-16(14)25-21(22)30/h3-10,12,17H,11H2,1-2H3,(H,25,30)(H,26,28)/t17-,22+,23-/m0/s1. The summed E-state index contributed by atoms with van der Waals surface area (Å²) in [5.74, 6) is -0.128. The van der Waals surface area contributed by atoms with Crippen molar-refractivity contribution >= 4 is 28.4 Å². The number of para-hydroxylation sites is 2. The van der Waals surface area contributed by atoms with Crippen molar-refractivity contribution in [2.45, 2.75) is 37.3 Å². The van der Waals surface area contributed by atoms with Crippen molar-refractivity contribution in [2.75, 3.05) is 5.32 Å². The molecule has 0 saturated carbocycles. The Bertz CT molecular complexity index is 1340. The highest BCUT2D eigenvalue weighted by Gasteiger charge is 2.72. The van der Waals surface area contributed by atoms with E-state index in [-0.39, 0.29) is 29.7 Å². The van der Waals surface area contributed by atoms with Crippen LogP contribution in [0.4, 0.5) is 5.69 Å². The Morgan fingerprint density at radius 3 is 2.60 bits per heavy atom. The van der Waals surface area contributed by atoms with E-state index in [9.17, 15) is 14.4 Å². The quantitative estimate of drug-likeness (QED) is 0.655. The number of hydrogen-bond donors (Lipinski definition) is 2. The molecular formula is C23H20N4O3. The van der Waals surface area contributed by atoms with Gasteiger partial charge in [-0.3, -0.25) is 19.0 Å². The van der Waals surface area contributed by atoms with Crippen molar-refractivity contribution in [3.05, 3.63) is 70.3 Å². The average Bonchev–Trinajstić information content (AvgIpc) is 3.01. The third-order valence-corrected chi connectivity index (χ3v) is 7.16. The first-order valence-electron chi connectivity index (χ1n) is 10.2. The van der Waals surface area contributed by atoms with Gasteiger partial charge in [-0.05, 0) is 36.1 Å². The van der Waals surface area contributed by atoms with Crippen molar-refractivity contribution in [1.29, 1.82) is 0 Å². The van der Waals surface area contributed by atoms with Crippen LogP contribution in [0, 0.1) is 5.92 Å². The fourth-order valence-electron chi connectivity index (χ4n) is 5.90. The van der Waals surface area contributed by atoms with E-state index < -0.39 is 17.0 Å². The van der Waals surface area contributed by atoms with Gasteiger partial charge in [-0.25, -0.2) is 4.98 Å². The molecule has 4 aliphatic rings. The molecule has 1 saturated heterocycles. The number of rotatable bonds is 1. The zero-order valence-corrected chi connectivity index (χ0v) is 16.6. The second kappa shape index (κ2) is 5.36. The summed E-state index contributed by atoms with van der Waals surface area (Å²) >= 11 is 0. The SMILES string of the molecule is CC(C)[C@@]12NC(=O)[C@H](C[C@@]13C(=O)Nc1ccccc13)n1c2nc2ccccc2c1=O. The van der Waals surface area contributed by atoms with Crippen LogP contribution in [-0.2, 0) is 20.5 Å². The number of anilines is 1. The lowest BCUT2D eigenvalue weighted by Crippen LogP contribution is -2.75. The van der Waals surface area contributed by atoms with Crippen LogP contribution >= 0.6 is 0 Å².